The van der Waals surface area contributed by atoms with Gasteiger partial charge in [-0.1, -0.05) is 53.0 Å². The number of nitrogens with one attached hydrogen (secondary N) is 1. The summed E-state index contributed by atoms with van der Waals surface area (Å²) in [7, 11) is 0. The first kappa shape index (κ1) is 22.6. The molecule has 1 fully saturated rings. The topological polar surface area (TPSA) is 27.7 Å². The molecular formula is C21H24Cl3N3OS. The van der Waals surface area contributed by atoms with E-state index in [0.29, 0.717) is 27.4 Å². The molecule has 4 nitrogen and oxygen atoms in total. The number of anilines is 1. The highest BCUT2D eigenvalue weighted by atomic mass is 35.5. The predicted molar refractivity (Wildman–Crippen MR) is 126 cm³/mol. The van der Waals surface area contributed by atoms with Crippen LogP contribution in [0.25, 0.3) is 0 Å². The van der Waals surface area contributed by atoms with E-state index in [-0.39, 0.29) is 0 Å². The van der Waals surface area contributed by atoms with Gasteiger partial charge in [0.15, 0.2) is 5.11 Å². The second-order valence-electron chi connectivity index (χ2n) is 6.87. The Morgan fingerprint density at radius 1 is 1.07 bits per heavy atom. The van der Waals surface area contributed by atoms with Crippen molar-refractivity contribution < 1.29 is 4.74 Å². The molecule has 29 heavy (non-hydrogen) atoms. The number of hydrogen-bond donors (Lipinski definition) is 1. The van der Waals surface area contributed by atoms with Gasteiger partial charge in [-0.05, 0) is 48.5 Å². The molecule has 1 aliphatic rings. The normalized spacial score (nSPS) is 14.6. The molecule has 0 unspecified atom stereocenters. The van der Waals surface area contributed by atoms with Crippen LogP contribution in [0.5, 0.6) is 0 Å². The SMILES string of the molecule is S=C(Nc1cc(Cl)ccc1Cl)N(CCCN1CCOCC1)Cc1ccccc1Cl. The molecule has 2 aromatic carbocycles. The van der Waals surface area contributed by atoms with Crippen LogP contribution in [0.3, 0.4) is 0 Å². The van der Waals surface area contributed by atoms with Crippen LogP contribution in [-0.4, -0.2) is 54.3 Å². The van der Waals surface area contributed by atoms with Crippen molar-refractivity contribution >= 4 is 57.8 Å². The van der Waals surface area contributed by atoms with Crippen LogP contribution in [0.15, 0.2) is 42.5 Å². The maximum absolute atomic E-state index is 6.38. The van der Waals surface area contributed by atoms with Crippen molar-refractivity contribution in [1.82, 2.24) is 9.80 Å². The van der Waals surface area contributed by atoms with Gasteiger partial charge in [0.2, 0.25) is 0 Å². The first-order chi connectivity index (χ1) is 14.0. The van der Waals surface area contributed by atoms with Gasteiger partial charge in [-0.15, -0.1) is 0 Å². The number of hydrogen-bond acceptors (Lipinski definition) is 3. The van der Waals surface area contributed by atoms with Gasteiger partial charge in [-0.2, -0.15) is 0 Å². The molecular weight excluding hydrogens is 449 g/mol. The molecule has 1 heterocycles. The fourth-order valence-corrected chi connectivity index (χ4v) is 3.98. The first-order valence-corrected chi connectivity index (χ1v) is 11.1. The lowest BCUT2D eigenvalue weighted by atomic mass is 10.2. The third-order valence-electron chi connectivity index (χ3n) is 4.78. The number of thiocarbonyl (C=S) groups is 1. The van der Waals surface area contributed by atoms with E-state index < -0.39 is 0 Å². The summed E-state index contributed by atoms with van der Waals surface area (Å²) in [4.78, 5) is 4.54. The van der Waals surface area contributed by atoms with E-state index in [0.717, 1.165) is 56.4 Å². The molecule has 156 valence electrons. The average Bonchev–Trinajstić information content (AvgIpc) is 2.72. The van der Waals surface area contributed by atoms with Crippen LogP contribution in [-0.2, 0) is 11.3 Å². The molecule has 1 N–H and O–H groups in total. The van der Waals surface area contributed by atoms with Gasteiger partial charge < -0.3 is 15.0 Å². The van der Waals surface area contributed by atoms with Crippen molar-refractivity contribution in [2.45, 2.75) is 13.0 Å². The zero-order valence-corrected chi connectivity index (χ0v) is 19.1. The molecule has 0 radical (unpaired) electrons. The monoisotopic (exact) mass is 471 g/mol. The maximum atomic E-state index is 6.38. The Labute approximate surface area is 192 Å². The lowest BCUT2D eigenvalue weighted by molar-refractivity contribution is 0.0368. The van der Waals surface area contributed by atoms with Crippen molar-refractivity contribution in [3.8, 4) is 0 Å². The zero-order chi connectivity index (χ0) is 20.6. The van der Waals surface area contributed by atoms with Crippen LogP contribution in [0.2, 0.25) is 15.1 Å². The third kappa shape index (κ3) is 6.99. The number of rotatable bonds is 7. The van der Waals surface area contributed by atoms with E-state index in [1.165, 1.54) is 0 Å². The summed E-state index contributed by atoms with van der Waals surface area (Å²) < 4.78 is 5.42. The highest BCUT2D eigenvalue weighted by molar-refractivity contribution is 7.80. The minimum absolute atomic E-state index is 0.572. The molecule has 1 saturated heterocycles. The van der Waals surface area contributed by atoms with Crippen molar-refractivity contribution in [2.75, 3.05) is 44.7 Å². The molecule has 0 saturated carbocycles. The number of benzene rings is 2. The average molecular weight is 473 g/mol. The van der Waals surface area contributed by atoms with Crippen LogP contribution in [0.1, 0.15) is 12.0 Å². The van der Waals surface area contributed by atoms with Gasteiger partial charge in [0.1, 0.15) is 0 Å². The maximum Gasteiger partial charge on any atom is 0.173 e. The number of ether oxygens (including phenoxy) is 1. The minimum atomic E-state index is 0.572. The lowest BCUT2D eigenvalue weighted by Crippen LogP contribution is -2.40. The summed E-state index contributed by atoms with van der Waals surface area (Å²) in [5.74, 6) is 0. The minimum Gasteiger partial charge on any atom is -0.379 e. The number of morpholine rings is 1. The highest BCUT2D eigenvalue weighted by Gasteiger charge is 2.16. The first-order valence-electron chi connectivity index (χ1n) is 9.57. The van der Waals surface area contributed by atoms with Gasteiger partial charge in [0, 0.05) is 42.8 Å². The smallest absolute Gasteiger partial charge is 0.173 e. The second-order valence-corrected chi connectivity index (χ2v) is 8.51. The van der Waals surface area contributed by atoms with Gasteiger partial charge in [0.25, 0.3) is 0 Å². The molecule has 0 atom stereocenters. The summed E-state index contributed by atoms with van der Waals surface area (Å²) in [5, 5.41) is 5.74. The highest BCUT2D eigenvalue weighted by Crippen LogP contribution is 2.26. The molecule has 0 aromatic heterocycles. The molecule has 0 amide bonds. The van der Waals surface area contributed by atoms with Crippen molar-refractivity contribution in [2.24, 2.45) is 0 Å². The van der Waals surface area contributed by atoms with Crippen molar-refractivity contribution in [1.29, 1.82) is 0 Å². The fraction of sp³-hybridized carbons (Fsp3) is 0.381. The number of nitrogens with zero attached hydrogens (tertiary/aromatic N) is 2. The van der Waals surface area contributed by atoms with Crippen LogP contribution in [0, 0.1) is 0 Å². The van der Waals surface area contributed by atoms with E-state index in [1.54, 1.807) is 18.2 Å². The van der Waals surface area contributed by atoms with Crippen LogP contribution < -0.4 is 5.32 Å². The van der Waals surface area contributed by atoms with Crippen LogP contribution >= 0.6 is 47.0 Å². The van der Waals surface area contributed by atoms with Gasteiger partial charge in [-0.3, -0.25) is 4.90 Å². The Kier molecular flexibility index (Phi) is 8.85. The van der Waals surface area contributed by atoms with Crippen LogP contribution in [0.4, 0.5) is 5.69 Å². The Balaban J connectivity index is 1.67. The summed E-state index contributed by atoms with van der Waals surface area (Å²) in [6.07, 6.45) is 0.982. The second kappa shape index (κ2) is 11.3. The summed E-state index contributed by atoms with van der Waals surface area (Å²) in [6, 6.07) is 13.1. The van der Waals surface area contributed by atoms with E-state index in [1.807, 2.05) is 24.3 Å². The van der Waals surface area contributed by atoms with Gasteiger partial charge in [0.05, 0.1) is 23.9 Å². The Hall–Kier alpha value is -1.08. The third-order valence-corrected chi connectivity index (χ3v) is 6.08. The standard InChI is InChI=1S/C21H24Cl3N3OS/c22-17-6-7-19(24)20(14-17)25-21(29)27(15-16-4-1-2-5-18(16)23)9-3-8-26-10-12-28-13-11-26/h1-2,4-7,14H,3,8-13,15H2,(H,25,29). The molecule has 1 aliphatic heterocycles. The molecule has 8 heteroatoms. The number of halogens is 3. The largest absolute Gasteiger partial charge is 0.379 e. The van der Waals surface area contributed by atoms with Gasteiger partial charge in [-0.25, -0.2) is 0 Å². The molecule has 2 aromatic rings. The Bertz CT molecular complexity index is 831. The zero-order valence-electron chi connectivity index (χ0n) is 16.0. The van der Waals surface area contributed by atoms with E-state index in [9.17, 15) is 0 Å². The molecule has 0 bridgehead atoms. The van der Waals surface area contributed by atoms with E-state index in [4.69, 9.17) is 51.8 Å². The summed E-state index contributed by atoms with van der Waals surface area (Å²) in [5.41, 5.74) is 1.73. The summed E-state index contributed by atoms with van der Waals surface area (Å²) in [6.45, 7) is 5.98. The predicted octanol–water partition coefficient (Wildman–Crippen LogP) is 5.57. The lowest BCUT2D eigenvalue weighted by Gasteiger charge is -2.30. The molecule has 0 aliphatic carbocycles. The van der Waals surface area contributed by atoms with Crippen molar-refractivity contribution in [3.63, 3.8) is 0 Å². The quantitative estimate of drug-likeness (QED) is 0.532. The van der Waals surface area contributed by atoms with E-state index in [2.05, 4.69) is 15.1 Å². The van der Waals surface area contributed by atoms with E-state index >= 15 is 0 Å². The fourth-order valence-electron chi connectivity index (χ4n) is 3.18. The summed E-state index contributed by atoms with van der Waals surface area (Å²) >= 11 is 24.5. The van der Waals surface area contributed by atoms with Gasteiger partial charge >= 0.3 is 0 Å². The Morgan fingerprint density at radius 2 is 1.83 bits per heavy atom. The molecule has 3 rings (SSSR count). The molecule has 0 spiro atoms. The Morgan fingerprint density at radius 3 is 2.59 bits per heavy atom. The van der Waals surface area contributed by atoms with Crippen molar-refractivity contribution in [3.05, 3.63) is 63.1 Å².